The maximum atomic E-state index is 6.19. The van der Waals surface area contributed by atoms with Crippen molar-refractivity contribution in [1.82, 2.24) is 10.2 Å². The molecule has 1 aliphatic heterocycles. The van der Waals surface area contributed by atoms with E-state index in [0.717, 1.165) is 35.2 Å². The minimum Gasteiger partial charge on any atom is -0.314 e. The summed E-state index contributed by atoms with van der Waals surface area (Å²) in [5.74, 6) is 0. The number of rotatable bonds is 1. The van der Waals surface area contributed by atoms with Crippen LogP contribution >= 0.6 is 23.2 Å². The van der Waals surface area contributed by atoms with Crippen LogP contribution in [0.25, 0.3) is 0 Å². The highest BCUT2D eigenvalue weighted by Gasteiger charge is 2.24. The lowest BCUT2D eigenvalue weighted by Gasteiger charge is -2.34. The summed E-state index contributed by atoms with van der Waals surface area (Å²) in [4.78, 5) is 2.28. The first-order chi connectivity index (χ1) is 7.20. The van der Waals surface area contributed by atoms with E-state index in [4.69, 9.17) is 23.2 Å². The molecular weight excluding hydrogens is 231 g/mol. The maximum absolute atomic E-state index is 6.19. The second kappa shape index (κ2) is 4.71. The van der Waals surface area contributed by atoms with Crippen LogP contribution in [0.1, 0.15) is 11.6 Å². The SMILES string of the molecule is CN1CCNCC1c1c(Cl)cccc1Cl. The first-order valence-electron chi connectivity index (χ1n) is 5.05. The van der Waals surface area contributed by atoms with Gasteiger partial charge in [-0.25, -0.2) is 0 Å². The third-order valence-corrected chi connectivity index (χ3v) is 3.50. The fraction of sp³-hybridized carbons (Fsp3) is 0.455. The quantitative estimate of drug-likeness (QED) is 0.818. The van der Waals surface area contributed by atoms with Gasteiger partial charge in [0.15, 0.2) is 0 Å². The molecular formula is C11H14Cl2N2. The summed E-state index contributed by atoms with van der Waals surface area (Å²) in [6, 6.07) is 5.95. The minimum atomic E-state index is 0.278. The molecule has 0 spiro atoms. The van der Waals surface area contributed by atoms with Crippen molar-refractivity contribution >= 4 is 23.2 Å². The van der Waals surface area contributed by atoms with Gasteiger partial charge in [-0.2, -0.15) is 0 Å². The van der Waals surface area contributed by atoms with E-state index in [1.54, 1.807) is 0 Å². The lowest BCUT2D eigenvalue weighted by atomic mass is 10.0. The first-order valence-corrected chi connectivity index (χ1v) is 5.80. The van der Waals surface area contributed by atoms with Crippen molar-refractivity contribution in [3.8, 4) is 0 Å². The highest BCUT2D eigenvalue weighted by molar-refractivity contribution is 6.36. The molecule has 0 aliphatic carbocycles. The van der Waals surface area contributed by atoms with Crippen molar-refractivity contribution in [2.75, 3.05) is 26.7 Å². The third kappa shape index (κ3) is 2.28. The number of likely N-dealkylation sites (N-methyl/N-ethyl adjacent to an activating group) is 1. The van der Waals surface area contributed by atoms with Gasteiger partial charge in [-0.1, -0.05) is 29.3 Å². The number of halogens is 2. The second-order valence-corrected chi connectivity index (χ2v) is 4.65. The molecule has 1 N–H and O–H groups in total. The van der Waals surface area contributed by atoms with Crippen LogP contribution in [0, 0.1) is 0 Å². The summed E-state index contributed by atoms with van der Waals surface area (Å²) in [7, 11) is 2.10. The van der Waals surface area contributed by atoms with Gasteiger partial charge in [-0.3, -0.25) is 4.90 Å². The van der Waals surface area contributed by atoms with Gasteiger partial charge in [0.25, 0.3) is 0 Å². The molecule has 0 amide bonds. The molecule has 1 atom stereocenters. The van der Waals surface area contributed by atoms with Crippen molar-refractivity contribution in [1.29, 1.82) is 0 Å². The Morgan fingerprint density at radius 3 is 2.60 bits per heavy atom. The van der Waals surface area contributed by atoms with E-state index >= 15 is 0 Å². The molecule has 4 heteroatoms. The van der Waals surface area contributed by atoms with Gasteiger partial charge < -0.3 is 5.32 Å². The molecule has 2 nitrogen and oxygen atoms in total. The van der Waals surface area contributed by atoms with Crippen molar-refractivity contribution in [2.45, 2.75) is 6.04 Å². The van der Waals surface area contributed by atoms with E-state index in [0.29, 0.717) is 0 Å². The average molecular weight is 245 g/mol. The summed E-state index contributed by atoms with van der Waals surface area (Å²) in [5, 5.41) is 4.86. The molecule has 1 saturated heterocycles. The summed E-state index contributed by atoms with van der Waals surface area (Å²) in [6.45, 7) is 2.95. The standard InChI is InChI=1S/C11H14Cl2N2/c1-15-6-5-14-7-10(15)11-8(12)3-2-4-9(11)13/h2-4,10,14H,5-7H2,1H3. The van der Waals surface area contributed by atoms with Crippen molar-refractivity contribution in [2.24, 2.45) is 0 Å². The molecule has 1 unspecified atom stereocenters. The topological polar surface area (TPSA) is 15.3 Å². The van der Waals surface area contributed by atoms with Crippen LogP contribution in [0.15, 0.2) is 18.2 Å². The molecule has 1 heterocycles. The Morgan fingerprint density at radius 2 is 2.00 bits per heavy atom. The number of benzene rings is 1. The van der Waals surface area contributed by atoms with Gasteiger partial charge in [-0.15, -0.1) is 0 Å². The molecule has 15 heavy (non-hydrogen) atoms. The molecule has 82 valence electrons. The molecule has 1 aromatic rings. The summed E-state index contributed by atoms with van der Waals surface area (Å²) >= 11 is 12.4. The predicted octanol–water partition coefficient (Wildman–Crippen LogP) is 2.57. The molecule has 0 bridgehead atoms. The number of piperazine rings is 1. The van der Waals surface area contributed by atoms with E-state index in [2.05, 4.69) is 17.3 Å². The number of hydrogen-bond acceptors (Lipinski definition) is 2. The lowest BCUT2D eigenvalue weighted by Crippen LogP contribution is -2.44. The number of nitrogens with one attached hydrogen (secondary N) is 1. The molecule has 1 aliphatic rings. The van der Waals surface area contributed by atoms with Crippen molar-refractivity contribution in [3.05, 3.63) is 33.8 Å². The second-order valence-electron chi connectivity index (χ2n) is 3.84. The van der Waals surface area contributed by atoms with Gasteiger partial charge >= 0.3 is 0 Å². The number of nitrogens with zero attached hydrogens (tertiary/aromatic N) is 1. The zero-order chi connectivity index (χ0) is 10.8. The van der Waals surface area contributed by atoms with Crippen LogP contribution in [0.3, 0.4) is 0 Å². The normalized spacial score (nSPS) is 23.0. The van der Waals surface area contributed by atoms with E-state index in [1.807, 2.05) is 18.2 Å². The van der Waals surface area contributed by atoms with Crippen LogP contribution in [-0.4, -0.2) is 31.6 Å². The monoisotopic (exact) mass is 244 g/mol. The largest absolute Gasteiger partial charge is 0.314 e. The van der Waals surface area contributed by atoms with E-state index in [1.165, 1.54) is 0 Å². The van der Waals surface area contributed by atoms with E-state index in [-0.39, 0.29) is 6.04 Å². The zero-order valence-corrected chi connectivity index (χ0v) is 10.1. The molecule has 0 saturated carbocycles. The fourth-order valence-electron chi connectivity index (χ4n) is 1.96. The van der Waals surface area contributed by atoms with Crippen molar-refractivity contribution < 1.29 is 0 Å². The molecule has 0 aromatic heterocycles. The van der Waals surface area contributed by atoms with Gasteiger partial charge in [0.05, 0.1) is 0 Å². The number of hydrogen-bond donors (Lipinski definition) is 1. The minimum absolute atomic E-state index is 0.278. The highest BCUT2D eigenvalue weighted by Crippen LogP contribution is 2.33. The molecule has 2 rings (SSSR count). The first kappa shape index (κ1) is 11.2. The van der Waals surface area contributed by atoms with Crippen LogP contribution in [0.4, 0.5) is 0 Å². The molecule has 0 radical (unpaired) electrons. The Bertz CT molecular complexity index is 334. The maximum Gasteiger partial charge on any atom is 0.0499 e. The Kier molecular flexibility index (Phi) is 3.52. The van der Waals surface area contributed by atoms with Gasteiger partial charge in [0.2, 0.25) is 0 Å². The third-order valence-electron chi connectivity index (χ3n) is 2.84. The Balaban J connectivity index is 2.35. The van der Waals surface area contributed by atoms with E-state index < -0.39 is 0 Å². The Morgan fingerprint density at radius 1 is 1.33 bits per heavy atom. The van der Waals surface area contributed by atoms with Gasteiger partial charge in [0, 0.05) is 41.3 Å². The predicted molar refractivity (Wildman–Crippen MR) is 64.7 cm³/mol. The Labute approximate surface area is 100 Å². The highest BCUT2D eigenvalue weighted by atomic mass is 35.5. The van der Waals surface area contributed by atoms with Crippen LogP contribution in [0.5, 0.6) is 0 Å². The zero-order valence-electron chi connectivity index (χ0n) is 8.63. The van der Waals surface area contributed by atoms with Gasteiger partial charge in [0.1, 0.15) is 0 Å². The van der Waals surface area contributed by atoms with Crippen LogP contribution < -0.4 is 5.32 Å². The summed E-state index contributed by atoms with van der Waals surface area (Å²) in [6.07, 6.45) is 0. The Hall–Kier alpha value is -0.280. The summed E-state index contributed by atoms with van der Waals surface area (Å²) in [5.41, 5.74) is 1.04. The lowest BCUT2D eigenvalue weighted by molar-refractivity contribution is 0.202. The molecule has 1 fully saturated rings. The summed E-state index contributed by atoms with van der Waals surface area (Å²) < 4.78 is 0. The fourth-order valence-corrected chi connectivity index (χ4v) is 2.61. The average Bonchev–Trinajstić information content (AvgIpc) is 2.20. The smallest absolute Gasteiger partial charge is 0.0499 e. The van der Waals surface area contributed by atoms with Crippen LogP contribution in [-0.2, 0) is 0 Å². The van der Waals surface area contributed by atoms with Crippen LogP contribution in [0.2, 0.25) is 10.0 Å². The van der Waals surface area contributed by atoms with Crippen molar-refractivity contribution in [3.63, 3.8) is 0 Å². The molecule has 1 aromatic carbocycles. The van der Waals surface area contributed by atoms with E-state index in [9.17, 15) is 0 Å². The van der Waals surface area contributed by atoms with Gasteiger partial charge in [-0.05, 0) is 19.2 Å².